The van der Waals surface area contributed by atoms with Crippen molar-refractivity contribution in [1.82, 2.24) is 4.98 Å². The van der Waals surface area contributed by atoms with E-state index in [9.17, 15) is 0 Å². The second-order valence-electron chi connectivity index (χ2n) is 5.44. The zero-order valence-corrected chi connectivity index (χ0v) is 11.1. The van der Waals surface area contributed by atoms with Gasteiger partial charge in [-0.15, -0.1) is 0 Å². The van der Waals surface area contributed by atoms with E-state index in [1.165, 1.54) is 44.1 Å². The van der Waals surface area contributed by atoms with E-state index in [-0.39, 0.29) is 0 Å². The Balaban J connectivity index is 1.89. The molecule has 0 atom stereocenters. The first-order valence-corrected chi connectivity index (χ1v) is 7.26. The molecule has 1 aliphatic rings. The molecule has 0 unspecified atom stereocenters. The molecule has 0 radical (unpaired) electrons. The maximum atomic E-state index is 5.93. The van der Waals surface area contributed by atoms with Crippen molar-refractivity contribution >= 4 is 11.1 Å². The van der Waals surface area contributed by atoms with E-state index in [0.717, 1.165) is 23.4 Å². The molecule has 0 amide bonds. The third-order valence-corrected chi connectivity index (χ3v) is 3.96. The summed E-state index contributed by atoms with van der Waals surface area (Å²) in [5, 5.41) is 0. The van der Waals surface area contributed by atoms with Crippen LogP contribution in [0.5, 0.6) is 0 Å². The molecule has 1 saturated carbocycles. The number of benzene rings is 1. The molecule has 1 aromatic heterocycles. The molecule has 0 N–H and O–H groups in total. The van der Waals surface area contributed by atoms with E-state index in [2.05, 4.69) is 25.1 Å². The predicted molar refractivity (Wildman–Crippen MR) is 73.8 cm³/mol. The number of hydrogen-bond donors (Lipinski definition) is 0. The SMILES string of the molecule is CCCc1ccc2oc(C3CCCCC3)nc2c1. The highest BCUT2D eigenvalue weighted by atomic mass is 16.3. The molecule has 0 aliphatic heterocycles. The molecule has 2 nitrogen and oxygen atoms in total. The van der Waals surface area contributed by atoms with Gasteiger partial charge in [-0.3, -0.25) is 0 Å². The molecule has 1 heterocycles. The van der Waals surface area contributed by atoms with Gasteiger partial charge in [-0.05, 0) is 37.0 Å². The minimum Gasteiger partial charge on any atom is -0.440 e. The van der Waals surface area contributed by atoms with Crippen molar-refractivity contribution in [2.75, 3.05) is 0 Å². The minimum absolute atomic E-state index is 0.556. The van der Waals surface area contributed by atoms with Crippen LogP contribution in [0.2, 0.25) is 0 Å². The molecule has 0 saturated heterocycles. The third kappa shape index (κ3) is 2.29. The molecular weight excluding hydrogens is 222 g/mol. The molecule has 1 aliphatic carbocycles. The van der Waals surface area contributed by atoms with Crippen LogP contribution in [0, 0.1) is 0 Å². The summed E-state index contributed by atoms with van der Waals surface area (Å²) in [6, 6.07) is 6.44. The van der Waals surface area contributed by atoms with Crippen LogP contribution < -0.4 is 0 Å². The molecule has 2 aromatic rings. The normalized spacial score (nSPS) is 17.4. The molecule has 3 rings (SSSR count). The number of hydrogen-bond acceptors (Lipinski definition) is 2. The Labute approximate surface area is 108 Å². The number of nitrogens with zero attached hydrogens (tertiary/aromatic N) is 1. The Morgan fingerprint density at radius 3 is 2.83 bits per heavy atom. The van der Waals surface area contributed by atoms with E-state index in [4.69, 9.17) is 9.40 Å². The van der Waals surface area contributed by atoms with Crippen molar-refractivity contribution in [2.45, 2.75) is 57.8 Å². The van der Waals surface area contributed by atoms with Crippen LogP contribution in [0.4, 0.5) is 0 Å². The van der Waals surface area contributed by atoms with Crippen LogP contribution in [0.25, 0.3) is 11.1 Å². The van der Waals surface area contributed by atoms with Crippen molar-refractivity contribution in [3.05, 3.63) is 29.7 Å². The van der Waals surface area contributed by atoms with E-state index in [0.29, 0.717) is 5.92 Å². The average Bonchev–Trinajstić information content (AvgIpc) is 2.83. The van der Waals surface area contributed by atoms with Gasteiger partial charge in [0.25, 0.3) is 0 Å². The molecule has 1 fully saturated rings. The monoisotopic (exact) mass is 243 g/mol. The van der Waals surface area contributed by atoms with Gasteiger partial charge in [0.1, 0.15) is 5.52 Å². The Kier molecular flexibility index (Phi) is 3.35. The van der Waals surface area contributed by atoms with Gasteiger partial charge >= 0.3 is 0 Å². The fourth-order valence-electron chi connectivity index (χ4n) is 2.96. The quantitative estimate of drug-likeness (QED) is 0.771. The van der Waals surface area contributed by atoms with Crippen LogP contribution in [-0.2, 0) is 6.42 Å². The molecular formula is C16H21NO. The number of aryl methyl sites for hydroxylation is 1. The Morgan fingerprint density at radius 2 is 2.06 bits per heavy atom. The lowest BCUT2D eigenvalue weighted by molar-refractivity contribution is 0.373. The summed E-state index contributed by atoms with van der Waals surface area (Å²) in [5.41, 5.74) is 3.37. The van der Waals surface area contributed by atoms with Gasteiger partial charge in [0.15, 0.2) is 11.5 Å². The lowest BCUT2D eigenvalue weighted by Crippen LogP contribution is -2.04. The van der Waals surface area contributed by atoms with Gasteiger partial charge in [0, 0.05) is 5.92 Å². The fourth-order valence-corrected chi connectivity index (χ4v) is 2.96. The molecule has 1 aromatic carbocycles. The van der Waals surface area contributed by atoms with Gasteiger partial charge in [-0.25, -0.2) is 4.98 Å². The largest absolute Gasteiger partial charge is 0.440 e. The van der Waals surface area contributed by atoms with E-state index in [1.54, 1.807) is 0 Å². The van der Waals surface area contributed by atoms with Gasteiger partial charge < -0.3 is 4.42 Å². The highest BCUT2D eigenvalue weighted by Gasteiger charge is 2.20. The highest BCUT2D eigenvalue weighted by molar-refractivity contribution is 5.73. The summed E-state index contributed by atoms with van der Waals surface area (Å²) in [4.78, 5) is 4.71. The molecule has 0 bridgehead atoms. The van der Waals surface area contributed by atoms with Crippen molar-refractivity contribution in [3.63, 3.8) is 0 Å². The maximum absolute atomic E-state index is 5.93. The molecule has 0 spiro atoms. The van der Waals surface area contributed by atoms with E-state index < -0.39 is 0 Å². The Hall–Kier alpha value is -1.31. The smallest absolute Gasteiger partial charge is 0.198 e. The third-order valence-electron chi connectivity index (χ3n) is 3.96. The van der Waals surface area contributed by atoms with E-state index in [1.807, 2.05) is 0 Å². The first-order valence-electron chi connectivity index (χ1n) is 7.26. The Bertz CT molecular complexity index is 523. The first-order chi connectivity index (χ1) is 8.86. The van der Waals surface area contributed by atoms with Crippen molar-refractivity contribution in [3.8, 4) is 0 Å². The van der Waals surface area contributed by atoms with Crippen LogP contribution in [0.15, 0.2) is 22.6 Å². The number of fused-ring (bicyclic) bond motifs is 1. The minimum atomic E-state index is 0.556. The lowest BCUT2D eigenvalue weighted by Gasteiger charge is -2.17. The van der Waals surface area contributed by atoms with Crippen molar-refractivity contribution in [2.24, 2.45) is 0 Å². The molecule has 18 heavy (non-hydrogen) atoms. The van der Waals surface area contributed by atoms with Gasteiger partial charge in [0.05, 0.1) is 0 Å². The summed E-state index contributed by atoms with van der Waals surface area (Å²) in [6.07, 6.45) is 8.82. The maximum Gasteiger partial charge on any atom is 0.198 e. The van der Waals surface area contributed by atoms with Crippen molar-refractivity contribution < 1.29 is 4.42 Å². The number of aromatic nitrogens is 1. The van der Waals surface area contributed by atoms with Crippen molar-refractivity contribution in [1.29, 1.82) is 0 Å². The summed E-state index contributed by atoms with van der Waals surface area (Å²) in [6.45, 7) is 2.21. The summed E-state index contributed by atoms with van der Waals surface area (Å²) in [5.74, 6) is 1.53. The summed E-state index contributed by atoms with van der Waals surface area (Å²) < 4.78 is 5.93. The second kappa shape index (κ2) is 5.13. The number of rotatable bonds is 3. The van der Waals surface area contributed by atoms with Gasteiger partial charge in [0.2, 0.25) is 0 Å². The lowest BCUT2D eigenvalue weighted by atomic mass is 9.89. The molecule has 96 valence electrons. The highest BCUT2D eigenvalue weighted by Crippen LogP contribution is 2.33. The van der Waals surface area contributed by atoms with Gasteiger partial charge in [-0.1, -0.05) is 38.7 Å². The van der Waals surface area contributed by atoms with Crippen LogP contribution in [-0.4, -0.2) is 4.98 Å². The molecule has 2 heteroatoms. The topological polar surface area (TPSA) is 26.0 Å². The van der Waals surface area contributed by atoms with E-state index >= 15 is 0 Å². The van der Waals surface area contributed by atoms with Crippen LogP contribution in [0.3, 0.4) is 0 Å². The Morgan fingerprint density at radius 1 is 1.22 bits per heavy atom. The number of oxazole rings is 1. The zero-order chi connectivity index (χ0) is 12.4. The first kappa shape index (κ1) is 11.8. The van der Waals surface area contributed by atoms with Gasteiger partial charge in [-0.2, -0.15) is 0 Å². The second-order valence-corrected chi connectivity index (χ2v) is 5.44. The fraction of sp³-hybridized carbons (Fsp3) is 0.562. The van der Waals surface area contributed by atoms with Crippen LogP contribution in [0.1, 0.15) is 62.8 Å². The summed E-state index contributed by atoms with van der Waals surface area (Å²) in [7, 11) is 0. The van der Waals surface area contributed by atoms with Crippen LogP contribution >= 0.6 is 0 Å². The summed E-state index contributed by atoms with van der Waals surface area (Å²) >= 11 is 0. The zero-order valence-electron chi connectivity index (χ0n) is 11.1. The predicted octanol–water partition coefficient (Wildman–Crippen LogP) is 4.83. The standard InChI is InChI=1S/C16H21NO/c1-2-6-12-9-10-15-14(11-12)17-16(18-15)13-7-4-3-5-8-13/h9-11,13H,2-8H2,1H3. The average molecular weight is 243 g/mol.